The average Bonchev–Trinajstić information content (AvgIpc) is 2.90. The fraction of sp³-hybridized carbons (Fsp3) is 0.231. The van der Waals surface area contributed by atoms with Gasteiger partial charge in [0.25, 0.3) is 0 Å². The zero-order valence-electron chi connectivity index (χ0n) is 10.0. The van der Waals surface area contributed by atoms with E-state index in [0.29, 0.717) is 18.1 Å². The molecule has 2 rings (SSSR count). The third-order valence-electron chi connectivity index (χ3n) is 2.37. The van der Waals surface area contributed by atoms with E-state index in [2.05, 4.69) is 4.98 Å². The van der Waals surface area contributed by atoms with Crippen molar-refractivity contribution in [3.63, 3.8) is 0 Å². The van der Waals surface area contributed by atoms with Crippen LogP contribution in [-0.2, 0) is 0 Å². The Labute approximate surface area is 114 Å². The van der Waals surface area contributed by atoms with E-state index in [1.54, 1.807) is 24.3 Å². The van der Waals surface area contributed by atoms with E-state index in [9.17, 15) is 4.79 Å². The number of alkyl halides is 1. The van der Waals surface area contributed by atoms with Crippen LogP contribution in [0, 0.1) is 0 Å². The van der Waals surface area contributed by atoms with Gasteiger partial charge in [0.05, 0.1) is 6.61 Å². The van der Waals surface area contributed by atoms with Crippen molar-refractivity contribution in [2.75, 3.05) is 12.5 Å². The number of benzene rings is 1. The Morgan fingerprint density at radius 2 is 2.11 bits per heavy atom. The molecule has 0 saturated carbocycles. The molecule has 0 aliphatic heterocycles. The van der Waals surface area contributed by atoms with Gasteiger partial charge in [0.1, 0.15) is 12.0 Å². The van der Waals surface area contributed by atoms with Gasteiger partial charge in [-0.15, -0.1) is 11.6 Å². The van der Waals surface area contributed by atoms with E-state index in [1.165, 1.54) is 0 Å². The Hall–Kier alpha value is -2.01. The minimum atomic E-state index is -1.11. The quantitative estimate of drug-likeness (QED) is 0.651. The summed E-state index contributed by atoms with van der Waals surface area (Å²) in [6, 6.07) is 7.06. The number of oxazole rings is 1. The normalized spacial score (nSPS) is 10.4. The van der Waals surface area contributed by atoms with E-state index < -0.39 is 5.97 Å². The van der Waals surface area contributed by atoms with Crippen molar-refractivity contribution >= 4 is 17.6 Å². The van der Waals surface area contributed by atoms with Crippen molar-refractivity contribution in [3.8, 4) is 17.2 Å². The molecule has 0 spiro atoms. The first kappa shape index (κ1) is 13.4. The van der Waals surface area contributed by atoms with Crippen molar-refractivity contribution in [1.82, 2.24) is 4.98 Å². The van der Waals surface area contributed by atoms with E-state index >= 15 is 0 Å². The Morgan fingerprint density at radius 1 is 1.37 bits per heavy atom. The zero-order chi connectivity index (χ0) is 13.7. The van der Waals surface area contributed by atoms with Gasteiger partial charge in [0.2, 0.25) is 5.89 Å². The topological polar surface area (TPSA) is 72.6 Å². The van der Waals surface area contributed by atoms with Crippen LogP contribution in [0.4, 0.5) is 0 Å². The molecular weight excluding hydrogens is 270 g/mol. The molecule has 0 unspecified atom stereocenters. The highest BCUT2D eigenvalue weighted by Crippen LogP contribution is 2.22. The summed E-state index contributed by atoms with van der Waals surface area (Å²) >= 11 is 5.55. The first-order valence-electron chi connectivity index (χ1n) is 5.68. The first-order chi connectivity index (χ1) is 9.20. The Kier molecular flexibility index (Phi) is 4.41. The maximum absolute atomic E-state index is 10.7. The molecule has 0 saturated heterocycles. The summed E-state index contributed by atoms with van der Waals surface area (Å²) in [5, 5.41) is 8.76. The number of hydrogen-bond donors (Lipinski definition) is 1. The lowest BCUT2D eigenvalue weighted by atomic mass is 10.2. The number of carbonyl (C=O) groups is 1. The molecule has 0 amide bonds. The summed E-state index contributed by atoms with van der Waals surface area (Å²) in [5.41, 5.74) is 0.578. The summed E-state index contributed by atoms with van der Waals surface area (Å²) in [6.45, 7) is 0.561. The van der Waals surface area contributed by atoms with Crippen molar-refractivity contribution in [2.24, 2.45) is 0 Å². The second-order valence-corrected chi connectivity index (χ2v) is 4.14. The third kappa shape index (κ3) is 3.48. The zero-order valence-corrected chi connectivity index (χ0v) is 10.8. The second kappa shape index (κ2) is 6.24. The summed E-state index contributed by atoms with van der Waals surface area (Å²) in [5.74, 6) is 0.437. The fourth-order valence-electron chi connectivity index (χ4n) is 1.44. The molecule has 2 aromatic rings. The van der Waals surface area contributed by atoms with Crippen LogP contribution >= 0.6 is 11.6 Å². The molecule has 0 bridgehead atoms. The average molecular weight is 282 g/mol. The van der Waals surface area contributed by atoms with E-state index in [-0.39, 0.29) is 11.6 Å². The van der Waals surface area contributed by atoms with Crippen LogP contribution < -0.4 is 4.74 Å². The molecule has 0 fully saturated rings. The summed E-state index contributed by atoms with van der Waals surface area (Å²) in [4.78, 5) is 14.6. The molecule has 5 nitrogen and oxygen atoms in total. The van der Waals surface area contributed by atoms with Crippen LogP contribution in [0.15, 0.2) is 34.9 Å². The molecule has 1 aromatic heterocycles. The number of carboxylic acids is 1. The molecule has 19 heavy (non-hydrogen) atoms. The van der Waals surface area contributed by atoms with Crippen molar-refractivity contribution in [3.05, 3.63) is 36.2 Å². The highest BCUT2D eigenvalue weighted by atomic mass is 35.5. The predicted octanol–water partition coefficient (Wildman–Crippen LogP) is 3.05. The highest BCUT2D eigenvalue weighted by Gasteiger charge is 2.11. The smallest absolute Gasteiger partial charge is 0.357 e. The van der Waals surface area contributed by atoms with Gasteiger partial charge < -0.3 is 14.3 Å². The van der Waals surface area contributed by atoms with E-state index in [0.717, 1.165) is 18.4 Å². The largest absolute Gasteiger partial charge is 0.494 e. The molecule has 0 atom stereocenters. The highest BCUT2D eigenvalue weighted by molar-refractivity contribution is 6.17. The van der Waals surface area contributed by atoms with E-state index in [4.69, 9.17) is 25.9 Å². The first-order valence-corrected chi connectivity index (χ1v) is 6.22. The number of ether oxygens (including phenoxy) is 1. The van der Waals surface area contributed by atoms with Gasteiger partial charge in [0, 0.05) is 11.4 Å². The van der Waals surface area contributed by atoms with Crippen molar-refractivity contribution < 1.29 is 19.1 Å². The maximum atomic E-state index is 10.7. The Balaban J connectivity index is 2.06. The monoisotopic (exact) mass is 281 g/mol. The Morgan fingerprint density at radius 3 is 2.68 bits per heavy atom. The fourth-order valence-corrected chi connectivity index (χ4v) is 1.55. The second-order valence-electron chi connectivity index (χ2n) is 3.76. The molecule has 1 N–H and O–H groups in total. The number of aromatic nitrogens is 1. The number of halogens is 1. The molecule has 0 aliphatic carbocycles. The number of aromatic carboxylic acids is 1. The van der Waals surface area contributed by atoms with Crippen LogP contribution in [0.3, 0.4) is 0 Å². The van der Waals surface area contributed by atoms with Crippen molar-refractivity contribution in [1.29, 1.82) is 0 Å². The van der Waals surface area contributed by atoms with Crippen LogP contribution in [-0.4, -0.2) is 28.5 Å². The van der Waals surface area contributed by atoms with Gasteiger partial charge in [0.15, 0.2) is 5.69 Å². The number of hydrogen-bond acceptors (Lipinski definition) is 4. The number of nitrogens with zero attached hydrogens (tertiary/aromatic N) is 1. The summed E-state index contributed by atoms with van der Waals surface area (Å²) in [6.07, 6.45) is 1.90. The van der Waals surface area contributed by atoms with Crippen LogP contribution in [0.5, 0.6) is 5.75 Å². The van der Waals surface area contributed by atoms with Crippen LogP contribution in [0.1, 0.15) is 16.9 Å². The third-order valence-corrected chi connectivity index (χ3v) is 2.64. The van der Waals surface area contributed by atoms with Gasteiger partial charge in [-0.3, -0.25) is 0 Å². The van der Waals surface area contributed by atoms with Crippen LogP contribution in [0.2, 0.25) is 0 Å². The molecule has 100 valence electrons. The standard InChI is InChI=1S/C13H12ClNO4/c14-6-1-7-18-10-4-2-9(3-5-10)12-15-11(8-19-12)13(16)17/h2-5,8H,1,6-7H2,(H,16,17). The van der Waals surface area contributed by atoms with Gasteiger partial charge in [-0.1, -0.05) is 0 Å². The van der Waals surface area contributed by atoms with Gasteiger partial charge in [-0.05, 0) is 30.7 Å². The van der Waals surface area contributed by atoms with Crippen molar-refractivity contribution in [2.45, 2.75) is 6.42 Å². The maximum Gasteiger partial charge on any atom is 0.357 e. The molecule has 6 heteroatoms. The predicted molar refractivity (Wildman–Crippen MR) is 69.7 cm³/mol. The number of carboxylic acid groups (broad SMARTS) is 1. The lowest BCUT2D eigenvalue weighted by molar-refractivity contribution is 0.0690. The molecule has 0 radical (unpaired) electrons. The van der Waals surface area contributed by atoms with Gasteiger partial charge in [-0.2, -0.15) is 0 Å². The summed E-state index contributed by atoms with van der Waals surface area (Å²) < 4.78 is 10.6. The molecule has 1 heterocycles. The van der Waals surface area contributed by atoms with Crippen LogP contribution in [0.25, 0.3) is 11.5 Å². The molecular formula is C13H12ClNO4. The van der Waals surface area contributed by atoms with Gasteiger partial charge in [-0.25, -0.2) is 9.78 Å². The SMILES string of the molecule is O=C(O)c1coc(-c2ccc(OCCCCl)cc2)n1. The summed E-state index contributed by atoms with van der Waals surface area (Å²) in [7, 11) is 0. The minimum absolute atomic E-state index is 0.113. The lowest BCUT2D eigenvalue weighted by Gasteiger charge is -2.04. The lowest BCUT2D eigenvalue weighted by Crippen LogP contribution is -1.97. The van der Waals surface area contributed by atoms with E-state index in [1.807, 2.05) is 0 Å². The number of rotatable bonds is 6. The Bertz CT molecular complexity index is 550. The minimum Gasteiger partial charge on any atom is -0.494 e. The molecule has 1 aromatic carbocycles. The van der Waals surface area contributed by atoms with Gasteiger partial charge >= 0.3 is 5.97 Å². The molecule has 0 aliphatic rings.